The van der Waals surface area contributed by atoms with Gasteiger partial charge in [-0.25, -0.2) is 0 Å². The number of amides is 3. The quantitative estimate of drug-likeness (QED) is 0.724. The molecule has 1 aliphatic carbocycles. The Labute approximate surface area is 100 Å². The van der Waals surface area contributed by atoms with Crippen molar-refractivity contribution in [3.8, 4) is 0 Å². The molecule has 1 saturated carbocycles. The topological polar surface area (TPSA) is 80.5 Å². The monoisotopic (exact) mass is 238 g/mol. The molecule has 1 saturated heterocycles. The molecule has 3 amide bonds. The summed E-state index contributed by atoms with van der Waals surface area (Å²) in [5.74, 6) is -1.38. The van der Waals surface area contributed by atoms with Crippen LogP contribution in [0.25, 0.3) is 0 Å². The van der Waals surface area contributed by atoms with Gasteiger partial charge in [0.25, 0.3) is 0 Å². The molecule has 1 aliphatic heterocycles. The van der Waals surface area contributed by atoms with E-state index >= 15 is 0 Å². The highest BCUT2D eigenvalue weighted by Crippen LogP contribution is 2.39. The van der Waals surface area contributed by atoms with Gasteiger partial charge in [0, 0.05) is 0 Å². The summed E-state index contributed by atoms with van der Waals surface area (Å²) in [5, 5.41) is 0. The molecule has 17 heavy (non-hydrogen) atoms. The Morgan fingerprint density at radius 2 is 1.76 bits per heavy atom. The Bertz CT molecular complexity index is 343. The smallest absolute Gasteiger partial charge is 0.240 e. The summed E-state index contributed by atoms with van der Waals surface area (Å²) in [7, 11) is 0. The standard InChI is InChI=1S/C12H18N2O3/c1-2-9(10(13)15)14-11(16)7-5-3-4-6-8(7)12(14)17/h7-9H,2-6H2,1H3,(H2,13,15). The molecule has 5 heteroatoms. The van der Waals surface area contributed by atoms with Gasteiger partial charge in [0.2, 0.25) is 17.7 Å². The van der Waals surface area contributed by atoms with Gasteiger partial charge in [-0.1, -0.05) is 19.8 Å². The van der Waals surface area contributed by atoms with Gasteiger partial charge < -0.3 is 5.73 Å². The average molecular weight is 238 g/mol. The maximum atomic E-state index is 12.2. The number of carbonyl (C=O) groups is 3. The first-order valence-corrected chi connectivity index (χ1v) is 6.24. The van der Waals surface area contributed by atoms with Crippen LogP contribution in [0.4, 0.5) is 0 Å². The largest absolute Gasteiger partial charge is 0.368 e. The number of primary amides is 1. The molecular weight excluding hydrogens is 220 g/mol. The van der Waals surface area contributed by atoms with Crippen LogP contribution >= 0.6 is 0 Å². The van der Waals surface area contributed by atoms with Crippen molar-refractivity contribution in [2.24, 2.45) is 17.6 Å². The molecule has 2 N–H and O–H groups in total. The molecule has 0 aromatic carbocycles. The lowest BCUT2D eigenvalue weighted by molar-refractivity contribution is -0.147. The Hall–Kier alpha value is -1.39. The molecule has 5 nitrogen and oxygen atoms in total. The first-order chi connectivity index (χ1) is 8.07. The minimum atomic E-state index is -0.763. The van der Waals surface area contributed by atoms with E-state index in [9.17, 15) is 14.4 Å². The van der Waals surface area contributed by atoms with Crippen LogP contribution < -0.4 is 5.73 Å². The zero-order chi connectivity index (χ0) is 12.6. The highest BCUT2D eigenvalue weighted by Gasteiger charge is 2.51. The maximum Gasteiger partial charge on any atom is 0.240 e. The lowest BCUT2D eigenvalue weighted by Crippen LogP contribution is -2.48. The number of imide groups is 1. The summed E-state index contributed by atoms with van der Waals surface area (Å²) in [4.78, 5) is 36.7. The third-order valence-corrected chi connectivity index (χ3v) is 3.90. The van der Waals surface area contributed by atoms with E-state index < -0.39 is 11.9 Å². The van der Waals surface area contributed by atoms with Crippen LogP contribution in [0.5, 0.6) is 0 Å². The van der Waals surface area contributed by atoms with Gasteiger partial charge in [-0.3, -0.25) is 19.3 Å². The number of likely N-dealkylation sites (tertiary alicyclic amines) is 1. The second kappa shape index (κ2) is 4.47. The molecule has 0 aromatic heterocycles. The van der Waals surface area contributed by atoms with Crippen molar-refractivity contribution in [1.29, 1.82) is 0 Å². The molecule has 0 radical (unpaired) electrons. The van der Waals surface area contributed by atoms with Crippen LogP contribution in [0, 0.1) is 11.8 Å². The molecule has 2 rings (SSSR count). The SMILES string of the molecule is CCC(C(N)=O)N1C(=O)C2CCCCC2C1=O. The highest BCUT2D eigenvalue weighted by atomic mass is 16.2. The molecule has 3 atom stereocenters. The van der Waals surface area contributed by atoms with E-state index in [4.69, 9.17) is 5.73 Å². The fourth-order valence-corrected chi connectivity index (χ4v) is 3.01. The van der Waals surface area contributed by atoms with Crippen molar-refractivity contribution in [2.75, 3.05) is 0 Å². The predicted octanol–water partition coefficient (Wildman–Crippen LogP) is 0.425. The summed E-state index contributed by atoms with van der Waals surface area (Å²) < 4.78 is 0. The summed E-state index contributed by atoms with van der Waals surface area (Å²) in [6.07, 6.45) is 3.90. The van der Waals surface area contributed by atoms with E-state index in [-0.39, 0.29) is 23.7 Å². The number of rotatable bonds is 3. The number of hydrogen-bond donors (Lipinski definition) is 1. The number of carbonyl (C=O) groups excluding carboxylic acids is 3. The number of hydrogen-bond acceptors (Lipinski definition) is 3. The zero-order valence-electron chi connectivity index (χ0n) is 10.0. The first-order valence-electron chi connectivity index (χ1n) is 6.24. The fraction of sp³-hybridized carbons (Fsp3) is 0.750. The van der Waals surface area contributed by atoms with Crippen molar-refractivity contribution in [3.05, 3.63) is 0 Å². The van der Waals surface area contributed by atoms with Crippen LogP contribution in [0.2, 0.25) is 0 Å². The van der Waals surface area contributed by atoms with E-state index in [2.05, 4.69) is 0 Å². The average Bonchev–Trinajstić information content (AvgIpc) is 2.56. The van der Waals surface area contributed by atoms with Gasteiger partial charge >= 0.3 is 0 Å². The third-order valence-electron chi connectivity index (χ3n) is 3.90. The van der Waals surface area contributed by atoms with Gasteiger partial charge in [-0.2, -0.15) is 0 Å². The Morgan fingerprint density at radius 3 is 2.12 bits per heavy atom. The van der Waals surface area contributed by atoms with Crippen molar-refractivity contribution < 1.29 is 14.4 Å². The summed E-state index contributed by atoms with van der Waals surface area (Å²) in [6.45, 7) is 1.76. The maximum absolute atomic E-state index is 12.2. The van der Waals surface area contributed by atoms with Gasteiger partial charge in [-0.15, -0.1) is 0 Å². The molecule has 0 spiro atoms. The zero-order valence-corrected chi connectivity index (χ0v) is 10.0. The molecule has 1 heterocycles. The number of nitrogens with two attached hydrogens (primary N) is 1. The molecule has 94 valence electrons. The number of nitrogens with zero attached hydrogens (tertiary/aromatic N) is 1. The van der Waals surface area contributed by atoms with E-state index in [0.717, 1.165) is 30.6 Å². The lowest BCUT2D eigenvalue weighted by Gasteiger charge is -2.22. The Balaban J connectivity index is 2.26. The fourth-order valence-electron chi connectivity index (χ4n) is 3.01. The van der Waals surface area contributed by atoms with Crippen molar-refractivity contribution in [1.82, 2.24) is 4.90 Å². The van der Waals surface area contributed by atoms with E-state index in [0.29, 0.717) is 6.42 Å². The second-order valence-corrected chi connectivity index (χ2v) is 4.87. The summed E-state index contributed by atoms with van der Waals surface area (Å²) in [6, 6.07) is -0.763. The van der Waals surface area contributed by atoms with Gasteiger partial charge in [0.15, 0.2) is 0 Å². The lowest BCUT2D eigenvalue weighted by atomic mass is 9.81. The normalized spacial score (nSPS) is 30.3. The molecule has 3 unspecified atom stereocenters. The molecular formula is C12H18N2O3. The Kier molecular flexibility index (Phi) is 3.17. The van der Waals surface area contributed by atoms with Crippen LogP contribution in [-0.2, 0) is 14.4 Å². The van der Waals surface area contributed by atoms with Crippen LogP contribution in [0.1, 0.15) is 39.0 Å². The third kappa shape index (κ3) is 1.83. The highest BCUT2D eigenvalue weighted by molar-refractivity contribution is 6.08. The first kappa shape index (κ1) is 12.1. The van der Waals surface area contributed by atoms with Gasteiger partial charge in [0.1, 0.15) is 6.04 Å². The minimum absolute atomic E-state index is 0.189. The molecule has 0 bridgehead atoms. The van der Waals surface area contributed by atoms with Crippen molar-refractivity contribution in [2.45, 2.75) is 45.1 Å². The molecule has 2 aliphatic rings. The Morgan fingerprint density at radius 1 is 1.29 bits per heavy atom. The van der Waals surface area contributed by atoms with E-state index in [1.54, 1.807) is 6.92 Å². The van der Waals surface area contributed by atoms with Crippen LogP contribution in [0.3, 0.4) is 0 Å². The van der Waals surface area contributed by atoms with E-state index in [1.807, 2.05) is 0 Å². The minimum Gasteiger partial charge on any atom is -0.368 e. The van der Waals surface area contributed by atoms with Crippen LogP contribution in [-0.4, -0.2) is 28.7 Å². The molecule has 2 fully saturated rings. The van der Waals surface area contributed by atoms with Gasteiger partial charge in [-0.05, 0) is 19.3 Å². The van der Waals surface area contributed by atoms with Crippen LogP contribution in [0.15, 0.2) is 0 Å². The number of fused-ring (bicyclic) bond motifs is 1. The van der Waals surface area contributed by atoms with E-state index in [1.165, 1.54) is 0 Å². The van der Waals surface area contributed by atoms with Gasteiger partial charge in [0.05, 0.1) is 11.8 Å². The summed E-state index contributed by atoms with van der Waals surface area (Å²) >= 11 is 0. The summed E-state index contributed by atoms with van der Waals surface area (Å²) in [5.41, 5.74) is 5.26. The second-order valence-electron chi connectivity index (χ2n) is 4.87. The predicted molar refractivity (Wildman–Crippen MR) is 60.6 cm³/mol. The van der Waals surface area contributed by atoms with Crippen molar-refractivity contribution >= 4 is 17.7 Å². The molecule has 0 aromatic rings. The van der Waals surface area contributed by atoms with Crippen molar-refractivity contribution in [3.63, 3.8) is 0 Å².